The number of nitrogens with one attached hydrogen (secondary N) is 1. The van der Waals surface area contributed by atoms with Gasteiger partial charge < -0.3 is 10.1 Å². The number of nitrogens with zero attached hydrogens (tertiary/aromatic N) is 1. The van der Waals surface area contributed by atoms with E-state index < -0.39 is 33.7 Å². The van der Waals surface area contributed by atoms with Crippen LogP contribution in [-0.2, 0) is 4.74 Å². The average molecular weight is 302 g/mol. The first-order chi connectivity index (χ1) is 9.97. The van der Waals surface area contributed by atoms with Crippen molar-refractivity contribution in [2.45, 2.75) is 19.8 Å². The number of ether oxygens (including phenoxy) is 1. The first kappa shape index (κ1) is 17.0. The zero-order valence-corrected chi connectivity index (χ0v) is 11.5. The van der Waals surface area contributed by atoms with E-state index >= 15 is 0 Å². The van der Waals surface area contributed by atoms with E-state index in [1.807, 2.05) is 6.92 Å². The number of nitro groups is 1. The van der Waals surface area contributed by atoms with Crippen LogP contribution < -0.4 is 5.32 Å². The summed E-state index contributed by atoms with van der Waals surface area (Å²) in [5.41, 5.74) is -1.28. The molecule has 0 aliphatic carbocycles. The highest BCUT2D eigenvalue weighted by Crippen LogP contribution is 2.22. The van der Waals surface area contributed by atoms with E-state index in [2.05, 4.69) is 5.32 Å². The Morgan fingerprint density at radius 1 is 1.33 bits per heavy atom. The quantitative estimate of drug-likeness (QED) is 0.454. The summed E-state index contributed by atoms with van der Waals surface area (Å²) in [5.74, 6) is -3.50. The van der Waals surface area contributed by atoms with Crippen molar-refractivity contribution in [3.8, 4) is 0 Å². The van der Waals surface area contributed by atoms with E-state index in [0.717, 1.165) is 6.42 Å². The van der Waals surface area contributed by atoms with Gasteiger partial charge in [0.2, 0.25) is 0 Å². The number of carbonyl (C=O) groups is 1. The molecule has 0 saturated carbocycles. The molecule has 0 aliphatic heterocycles. The number of hydrogen-bond acceptors (Lipinski definition) is 4. The standard InChI is InChI=1S/C13H16F2N2O4/c1-2-5-21-6-3-4-16-13(18)9-7-10(14)11(15)8-12(9)17(19)20/h7-8H,2-6H2,1H3,(H,16,18). The summed E-state index contributed by atoms with van der Waals surface area (Å²) < 4.78 is 31.3. The van der Waals surface area contributed by atoms with Gasteiger partial charge in [0.25, 0.3) is 11.6 Å². The highest BCUT2D eigenvalue weighted by molar-refractivity contribution is 5.98. The van der Waals surface area contributed by atoms with Crippen molar-refractivity contribution in [3.05, 3.63) is 39.4 Å². The van der Waals surface area contributed by atoms with Crippen LogP contribution in [0, 0.1) is 21.7 Å². The predicted molar refractivity (Wildman–Crippen MR) is 71.1 cm³/mol. The van der Waals surface area contributed by atoms with Crippen LogP contribution in [0.1, 0.15) is 30.1 Å². The van der Waals surface area contributed by atoms with E-state index in [4.69, 9.17) is 4.74 Å². The molecule has 0 bridgehead atoms. The predicted octanol–water partition coefficient (Wildman–Crippen LogP) is 2.42. The molecular weight excluding hydrogens is 286 g/mol. The molecule has 0 aliphatic rings. The summed E-state index contributed by atoms with van der Waals surface area (Å²) in [4.78, 5) is 21.6. The maximum atomic E-state index is 13.1. The summed E-state index contributed by atoms with van der Waals surface area (Å²) >= 11 is 0. The van der Waals surface area contributed by atoms with E-state index in [-0.39, 0.29) is 6.54 Å². The molecule has 8 heteroatoms. The van der Waals surface area contributed by atoms with Crippen molar-refractivity contribution >= 4 is 11.6 Å². The third-order valence-electron chi connectivity index (χ3n) is 2.58. The van der Waals surface area contributed by atoms with Crippen molar-refractivity contribution < 1.29 is 23.2 Å². The second kappa shape index (κ2) is 8.25. The maximum Gasteiger partial charge on any atom is 0.285 e. The van der Waals surface area contributed by atoms with Gasteiger partial charge in [-0.05, 0) is 18.9 Å². The Balaban J connectivity index is 2.65. The molecule has 21 heavy (non-hydrogen) atoms. The van der Waals surface area contributed by atoms with Gasteiger partial charge in [0.15, 0.2) is 11.6 Å². The van der Waals surface area contributed by atoms with Crippen molar-refractivity contribution in [1.29, 1.82) is 0 Å². The first-order valence-electron chi connectivity index (χ1n) is 6.46. The maximum absolute atomic E-state index is 13.1. The fourth-order valence-electron chi connectivity index (χ4n) is 1.59. The van der Waals surface area contributed by atoms with Gasteiger partial charge >= 0.3 is 0 Å². The summed E-state index contributed by atoms with van der Waals surface area (Å²) in [5, 5.41) is 13.2. The first-order valence-corrected chi connectivity index (χ1v) is 6.46. The molecule has 1 aromatic rings. The molecule has 0 radical (unpaired) electrons. The summed E-state index contributed by atoms with van der Waals surface area (Å²) in [6, 6.07) is 0.922. The van der Waals surface area contributed by atoms with Crippen LogP contribution in [0.4, 0.5) is 14.5 Å². The topological polar surface area (TPSA) is 81.5 Å². The van der Waals surface area contributed by atoms with Crippen LogP contribution in [0.2, 0.25) is 0 Å². The SMILES string of the molecule is CCCOCCCNC(=O)c1cc(F)c(F)cc1[N+](=O)[O-]. The molecule has 0 atom stereocenters. The summed E-state index contributed by atoms with van der Waals surface area (Å²) in [7, 11) is 0. The lowest BCUT2D eigenvalue weighted by Gasteiger charge is -2.07. The van der Waals surface area contributed by atoms with Crippen LogP contribution in [0.25, 0.3) is 0 Å². The Kier molecular flexibility index (Phi) is 6.67. The zero-order chi connectivity index (χ0) is 15.8. The average Bonchev–Trinajstić information content (AvgIpc) is 2.44. The molecule has 0 saturated heterocycles. The van der Waals surface area contributed by atoms with Crippen molar-refractivity contribution in [3.63, 3.8) is 0 Å². The van der Waals surface area contributed by atoms with Crippen LogP contribution in [0.3, 0.4) is 0 Å². The molecule has 1 aromatic carbocycles. The molecule has 0 heterocycles. The number of benzene rings is 1. The largest absolute Gasteiger partial charge is 0.381 e. The molecule has 1 amide bonds. The minimum Gasteiger partial charge on any atom is -0.381 e. The third kappa shape index (κ3) is 5.07. The number of nitro benzene ring substituents is 1. The van der Waals surface area contributed by atoms with Crippen molar-refractivity contribution in [1.82, 2.24) is 5.32 Å². The zero-order valence-electron chi connectivity index (χ0n) is 11.5. The number of carbonyl (C=O) groups excluding carboxylic acids is 1. The summed E-state index contributed by atoms with van der Waals surface area (Å²) in [6.07, 6.45) is 1.40. The highest BCUT2D eigenvalue weighted by atomic mass is 19.2. The van der Waals surface area contributed by atoms with E-state index in [9.17, 15) is 23.7 Å². The summed E-state index contributed by atoms with van der Waals surface area (Å²) in [6.45, 7) is 3.24. The van der Waals surface area contributed by atoms with Gasteiger partial charge in [-0.3, -0.25) is 14.9 Å². The molecular formula is C13H16F2N2O4. The molecule has 0 spiro atoms. The Labute approximate surface area is 120 Å². The minimum atomic E-state index is -1.37. The number of rotatable bonds is 8. The molecule has 6 nitrogen and oxygen atoms in total. The molecule has 0 fully saturated rings. The highest BCUT2D eigenvalue weighted by Gasteiger charge is 2.23. The van der Waals surface area contributed by atoms with Gasteiger partial charge in [0, 0.05) is 19.8 Å². The fourth-order valence-corrected chi connectivity index (χ4v) is 1.59. The van der Waals surface area contributed by atoms with Gasteiger partial charge in [-0.25, -0.2) is 8.78 Å². The lowest BCUT2D eigenvalue weighted by Crippen LogP contribution is -2.26. The van der Waals surface area contributed by atoms with Gasteiger partial charge in [0.05, 0.1) is 11.0 Å². The molecule has 0 unspecified atom stereocenters. The van der Waals surface area contributed by atoms with Crippen LogP contribution in [0.15, 0.2) is 12.1 Å². The molecule has 1 rings (SSSR count). The normalized spacial score (nSPS) is 10.4. The monoisotopic (exact) mass is 302 g/mol. The Morgan fingerprint density at radius 3 is 2.62 bits per heavy atom. The van der Waals surface area contributed by atoms with Crippen LogP contribution in [-0.4, -0.2) is 30.6 Å². The molecule has 0 aromatic heterocycles. The van der Waals surface area contributed by atoms with E-state index in [1.54, 1.807) is 0 Å². The second-order valence-electron chi connectivity index (χ2n) is 4.26. The van der Waals surface area contributed by atoms with Crippen molar-refractivity contribution in [2.24, 2.45) is 0 Å². The lowest BCUT2D eigenvalue weighted by molar-refractivity contribution is -0.385. The fraction of sp³-hybridized carbons (Fsp3) is 0.462. The third-order valence-corrected chi connectivity index (χ3v) is 2.58. The minimum absolute atomic E-state index is 0.221. The molecule has 116 valence electrons. The van der Waals surface area contributed by atoms with E-state index in [1.165, 1.54) is 0 Å². The van der Waals surface area contributed by atoms with Crippen molar-refractivity contribution in [2.75, 3.05) is 19.8 Å². The van der Waals surface area contributed by atoms with Gasteiger partial charge in [-0.15, -0.1) is 0 Å². The second-order valence-corrected chi connectivity index (χ2v) is 4.26. The molecule has 1 N–H and O–H groups in total. The Morgan fingerprint density at radius 2 is 2.00 bits per heavy atom. The smallest absolute Gasteiger partial charge is 0.285 e. The van der Waals surface area contributed by atoms with Gasteiger partial charge in [-0.2, -0.15) is 0 Å². The lowest BCUT2D eigenvalue weighted by atomic mass is 10.1. The van der Waals surface area contributed by atoms with Crippen LogP contribution >= 0.6 is 0 Å². The van der Waals surface area contributed by atoms with Gasteiger partial charge in [-0.1, -0.05) is 6.92 Å². The van der Waals surface area contributed by atoms with Gasteiger partial charge in [0.1, 0.15) is 5.56 Å². The number of hydrogen-bond donors (Lipinski definition) is 1. The van der Waals surface area contributed by atoms with E-state index in [0.29, 0.717) is 31.8 Å². The number of halogens is 2. The van der Waals surface area contributed by atoms with Crippen LogP contribution in [0.5, 0.6) is 0 Å². The Hall–Kier alpha value is -2.09. The number of amides is 1. The Bertz CT molecular complexity index is 523.